The summed E-state index contributed by atoms with van der Waals surface area (Å²) in [4.78, 5) is 6.95. The van der Waals surface area contributed by atoms with Crippen LogP contribution in [0.4, 0.5) is 0 Å². The van der Waals surface area contributed by atoms with E-state index >= 15 is 0 Å². The van der Waals surface area contributed by atoms with Crippen molar-refractivity contribution < 1.29 is 0 Å². The van der Waals surface area contributed by atoms with Crippen LogP contribution in [0.1, 0.15) is 43.2 Å². The SMILES string of the molecule is CN=C(NCCC1CC1)NC1CCN(Cc2ccccc2C)CC1.I. The minimum absolute atomic E-state index is 0. The molecule has 0 atom stereocenters. The van der Waals surface area contributed by atoms with Crippen LogP contribution in [0.5, 0.6) is 0 Å². The highest BCUT2D eigenvalue weighted by Gasteiger charge is 2.22. The third-order valence-electron chi connectivity index (χ3n) is 5.35. The molecule has 2 fully saturated rings. The Balaban J connectivity index is 0.00000225. The number of hydrogen-bond donors (Lipinski definition) is 2. The first-order valence-electron chi connectivity index (χ1n) is 9.48. The maximum Gasteiger partial charge on any atom is 0.191 e. The summed E-state index contributed by atoms with van der Waals surface area (Å²) < 4.78 is 0. The van der Waals surface area contributed by atoms with E-state index in [1.165, 1.54) is 43.2 Å². The van der Waals surface area contributed by atoms with E-state index in [-0.39, 0.29) is 24.0 Å². The van der Waals surface area contributed by atoms with E-state index in [9.17, 15) is 0 Å². The van der Waals surface area contributed by atoms with E-state index in [2.05, 4.69) is 51.7 Å². The molecule has 1 saturated carbocycles. The van der Waals surface area contributed by atoms with E-state index in [0.29, 0.717) is 6.04 Å². The molecule has 1 aliphatic carbocycles. The summed E-state index contributed by atoms with van der Waals surface area (Å²) in [7, 11) is 1.87. The number of guanidine groups is 1. The highest BCUT2D eigenvalue weighted by molar-refractivity contribution is 14.0. The lowest BCUT2D eigenvalue weighted by Crippen LogP contribution is -2.48. The Morgan fingerprint density at radius 2 is 1.88 bits per heavy atom. The number of halogens is 1. The highest BCUT2D eigenvalue weighted by Crippen LogP contribution is 2.31. The molecular formula is C20H33IN4. The Morgan fingerprint density at radius 1 is 1.16 bits per heavy atom. The Labute approximate surface area is 169 Å². The lowest BCUT2D eigenvalue weighted by atomic mass is 10.0. The third-order valence-corrected chi connectivity index (χ3v) is 5.35. The minimum atomic E-state index is 0. The van der Waals surface area contributed by atoms with E-state index in [1.54, 1.807) is 0 Å². The summed E-state index contributed by atoms with van der Waals surface area (Å²) in [5, 5.41) is 7.08. The molecule has 0 radical (unpaired) electrons. The molecule has 2 N–H and O–H groups in total. The molecule has 0 spiro atoms. The molecule has 1 aliphatic heterocycles. The molecule has 1 aromatic rings. The number of nitrogens with one attached hydrogen (secondary N) is 2. The second kappa shape index (κ2) is 10.4. The Kier molecular flexibility index (Phi) is 8.49. The molecule has 5 heteroatoms. The lowest BCUT2D eigenvalue weighted by Gasteiger charge is -2.33. The summed E-state index contributed by atoms with van der Waals surface area (Å²) >= 11 is 0. The van der Waals surface area contributed by atoms with Crippen molar-refractivity contribution in [2.45, 2.75) is 51.6 Å². The average molecular weight is 456 g/mol. The fourth-order valence-electron chi connectivity index (χ4n) is 3.45. The van der Waals surface area contributed by atoms with E-state index in [4.69, 9.17) is 0 Å². The van der Waals surface area contributed by atoms with E-state index < -0.39 is 0 Å². The van der Waals surface area contributed by atoms with Crippen LogP contribution in [0.3, 0.4) is 0 Å². The number of aryl methyl sites for hydroxylation is 1. The number of benzene rings is 1. The van der Waals surface area contributed by atoms with Crippen LogP contribution in [0.2, 0.25) is 0 Å². The number of likely N-dealkylation sites (tertiary alicyclic amines) is 1. The Morgan fingerprint density at radius 3 is 2.52 bits per heavy atom. The van der Waals surface area contributed by atoms with Crippen LogP contribution in [-0.2, 0) is 6.54 Å². The zero-order valence-electron chi connectivity index (χ0n) is 15.6. The monoisotopic (exact) mass is 456 g/mol. The molecule has 140 valence electrons. The second-order valence-corrected chi connectivity index (χ2v) is 7.35. The van der Waals surface area contributed by atoms with Crippen LogP contribution in [0.25, 0.3) is 0 Å². The van der Waals surface area contributed by atoms with Crippen molar-refractivity contribution in [1.82, 2.24) is 15.5 Å². The maximum absolute atomic E-state index is 4.38. The molecule has 0 amide bonds. The molecular weight excluding hydrogens is 423 g/mol. The van der Waals surface area contributed by atoms with Crippen molar-refractivity contribution in [3.05, 3.63) is 35.4 Å². The molecule has 1 saturated heterocycles. The smallest absolute Gasteiger partial charge is 0.191 e. The molecule has 0 unspecified atom stereocenters. The van der Waals surface area contributed by atoms with Crippen molar-refractivity contribution in [3.8, 4) is 0 Å². The molecule has 0 bridgehead atoms. The van der Waals surface area contributed by atoms with Crippen molar-refractivity contribution in [1.29, 1.82) is 0 Å². The normalized spacial score (nSPS) is 19.4. The van der Waals surface area contributed by atoms with Gasteiger partial charge in [-0.1, -0.05) is 37.1 Å². The van der Waals surface area contributed by atoms with Crippen molar-refractivity contribution >= 4 is 29.9 Å². The van der Waals surface area contributed by atoms with Crippen molar-refractivity contribution in [3.63, 3.8) is 0 Å². The van der Waals surface area contributed by atoms with Gasteiger partial charge in [0.25, 0.3) is 0 Å². The van der Waals surface area contributed by atoms with Gasteiger partial charge in [0, 0.05) is 39.3 Å². The fraction of sp³-hybridized carbons (Fsp3) is 0.650. The minimum Gasteiger partial charge on any atom is -0.356 e. The summed E-state index contributed by atoms with van der Waals surface area (Å²) in [5.41, 5.74) is 2.86. The molecule has 4 nitrogen and oxygen atoms in total. The first kappa shape index (κ1) is 20.5. The van der Waals surface area contributed by atoms with Gasteiger partial charge >= 0.3 is 0 Å². The molecule has 3 rings (SSSR count). The number of piperidine rings is 1. The summed E-state index contributed by atoms with van der Waals surface area (Å²) in [5.74, 6) is 1.95. The van der Waals surface area contributed by atoms with Crippen LogP contribution in [0.15, 0.2) is 29.3 Å². The van der Waals surface area contributed by atoms with Crippen LogP contribution in [-0.4, -0.2) is 43.6 Å². The summed E-state index contributed by atoms with van der Waals surface area (Å²) in [6.45, 7) is 6.65. The van der Waals surface area contributed by atoms with Gasteiger partial charge in [0.05, 0.1) is 0 Å². The van der Waals surface area contributed by atoms with Crippen molar-refractivity contribution in [2.24, 2.45) is 10.9 Å². The average Bonchev–Trinajstić information content (AvgIpc) is 3.42. The molecule has 2 aliphatic rings. The predicted octanol–water partition coefficient (Wildman–Crippen LogP) is 3.54. The van der Waals surface area contributed by atoms with Gasteiger partial charge in [-0.15, -0.1) is 24.0 Å². The first-order chi connectivity index (χ1) is 11.7. The molecule has 1 heterocycles. The number of rotatable bonds is 6. The van der Waals surface area contributed by atoms with Crippen LogP contribution >= 0.6 is 24.0 Å². The third kappa shape index (κ3) is 6.77. The number of nitrogens with zero attached hydrogens (tertiary/aromatic N) is 2. The molecule has 0 aromatic heterocycles. The molecule has 25 heavy (non-hydrogen) atoms. The Hall–Kier alpha value is -0.820. The van der Waals surface area contributed by atoms with Gasteiger partial charge in [0.2, 0.25) is 0 Å². The van der Waals surface area contributed by atoms with Crippen LogP contribution < -0.4 is 10.6 Å². The largest absolute Gasteiger partial charge is 0.356 e. The van der Waals surface area contributed by atoms with Crippen molar-refractivity contribution in [2.75, 3.05) is 26.7 Å². The van der Waals surface area contributed by atoms with Gasteiger partial charge in [0.1, 0.15) is 0 Å². The zero-order valence-corrected chi connectivity index (χ0v) is 18.0. The quantitative estimate of drug-likeness (QED) is 0.391. The second-order valence-electron chi connectivity index (χ2n) is 7.35. The first-order valence-corrected chi connectivity index (χ1v) is 9.48. The maximum atomic E-state index is 4.38. The predicted molar refractivity (Wildman–Crippen MR) is 117 cm³/mol. The lowest BCUT2D eigenvalue weighted by molar-refractivity contribution is 0.198. The van der Waals surface area contributed by atoms with Gasteiger partial charge in [-0.2, -0.15) is 0 Å². The van der Waals surface area contributed by atoms with Gasteiger partial charge in [-0.3, -0.25) is 9.89 Å². The van der Waals surface area contributed by atoms with Crippen LogP contribution in [0, 0.1) is 12.8 Å². The topological polar surface area (TPSA) is 39.7 Å². The van der Waals surface area contributed by atoms with Gasteiger partial charge in [0.15, 0.2) is 5.96 Å². The number of aliphatic imine (C=N–C) groups is 1. The summed E-state index contributed by atoms with van der Waals surface area (Å²) in [6.07, 6.45) is 6.51. The van der Waals surface area contributed by atoms with Gasteiger partial charge in [-0.05, 0) is 43.2 Å². The highest BCUT2D eigenvalue weighted by atomic mass is 127. The Bertz CT molecular complexity index is 548. The zero-order chi connectivity index (χ0) is 16.8. The van der Waals surface area contributed by atoms with Gasteiger partial charge < -0.3 is 10.6 Å². The van der Waals surface area contributed by atoms with E-state index in [1.807, 2.05) is 7.05 Å². The molecule has 1 aromatic carbocycles. The van der Waals surface area contributed by atoms with E-state index in [0.717, 1.165) is 38.1 Å². The standard InChI is InChI=1S/C20H32N4.HI/c1-16-5-3-4-6-18(16)15-24-13-10-19(11-14-24)23-20(21-2)22-12-9-17-7-8-17;/h3-6,17,19H,7-15H2,1-2H3,(H2,21,22,23);1H. The summed E-state index contributed by atoms with van der Waals surface area (Å²) in [6, 6.07) is 9.28. The fourth-order valence-corrected chi connectivity index (χ4v) is 3.45. The van der Waals surface area contributed by atoms with Gasteiger partial charge in [-0.25, -0.2) is 0 Å². The number of hydrogen-bond acceptors (Lipinski definition) is 2.